The summed E-state index contributed by atoms with van der Waals surface area (Å²) in [5.74, 6) is 1.58. The Balaban J connectivity index is 1.83. The number of rotatable bonds is 9. The lowest BCUT2D eigenvalue weighted by Gasteiger charge is -2.22. The molecule has 24 heavy (non-hydrogen) atoms. The molecule has 0 bridgehead atoms. The van der Waals surface area contributed by atoms with Crippen LogP contribution in [0.2, 0.25) is 0 Å². The Labute approximate surface area is 143 Å². The summed E-state index contributed by atoms with van der Waals surface area (Å²) in [5.41, 5.74) is 0. The average Bonchev–Trinajstić information content (AvgIpc) is 3.20. The van der Waals surface area contributed by atoms with E-state index in [1.54, 1.807) is 17.9 Å². The molecule has 0 aliphatic heterocycles. The second kappa shape index (κ2) is 9.45. The van der Waals surface area contributed by atoms with Crippen LogP contribution in [0.15, 0.2) is 10.6 Å². The molecule has 6 heteroatoms. The molecule has 1 aromatic rings. The number of hydrogen-bond donors (Lipinski definition) is 1. The lowest BCUT2D eigenvalue weighted by molar-refractivity contribution is -0.135. The van der Waals surface area contributed by atoms with Crippen LogP contribution in [-0.2, 0) is 9.59 Å². The molecule has 0 radical (unpaired) electrons. The predicted molar refractivity (Wildman–Crippen MR) is 92.5 cm³/mol. The van der Waals surface area contributed by atoms with E-state index in [4.69, 9.17) is 4.52 Å². The summed E-state index contributed by atoms with van der Waals surface area (Å²) in [6, 6.07) is 1.66. The maximum Gasteiger partial charge on any atom is 0.245 e. The van der Waals surface area contributed by atoms with Crippen molar-refractivity contribution in [2.24, 2.45) is 5.92 Å². The summed E-state index contributed by atoms with van der Waals surface area (Å²) < 4.78 is 4.93. The first-order valence-corrected chi connectivity index (χ1v) is 9.09. The summed E-state index contributed by atoms with van der Waals surface area (Å²) in [6.45, 7) is 4.56. The minimum Gasteiger partial charge on any atom is -0.360 e. The molecule has 0 saturated heterocycles. The number of aromatic nitrogens is 1. The van der Waals surface area contributed by atoms with Crippen molar-refractivity contribution in [1.29, 1.82) is 0 Å². The van der Waals surface area contributed by atoms with Gasteiger partial charge in [0.2, 0.25) is 11.8 Å². The predicted octanol–water partition coefficient (Wildman–Crippen LogP) is 3.52. The summed E-state index contributed by atoms with van der Waals surface area (Å²) in [5, 5.41) is 6.43. The van der Waals surface area contributed by atoms with E-state index in [0.717, 1.165) is 19.3 Å². The molecule has 2 amide bonds. The molecule has 1 aromatic heterocycles. The molecular formula is C18H29N3O3. The minimum atomic E-state index is -0.228. The van der Waals surface area contributed by atoms with Crippen molar-refractivity contribution in [2.45, 2.75) is 65.2 Å². The van der Waals surface area contributed by atoms with Gasteiger partial charge in [0, 0.05) is 19.0 Å². The highest BCUT2D eigenvalue weighted by atomic mass is 16.5. The van der Waals surface area contributed by atoms with Gasteiger partial charge in [-0.25, -0.2) is 0 Å². The summed E-state index contributed by atoms with van der Waals surface area (Å²) >= 11 is 0. The molecule has 6 nitrogen and oxygen atoms in total. The van der Waals surface area contributed by atoms with Gasteiger partial charge in [0.1, 0.15) is 5.76 Å². The SMILES string of the molecule is CCCCN(CC(=O)Nc1cc(C)on1)C(=O)CCC1CCCC1. The van der Waals surface area contributed by atoms with E-state index in [1.807, 2.05) is 0 Å². The van der Waals surface area contributed by atoms with Crippen molar-refractivity contribution in [3.05, 3.63) is 11.8 Å². The van der Waals surface area contributed by atoms with Gasteiger partial charge in [-0.2, -0.15) is 0 Å². The van der Waals surface area contributed by atoms with Gasteiger partial charge in [0.25, 0.3) is 0 Å². The largest absolute Gasteiger partial charge is 0.360 e. The highest BCUT2D eigenvalue weighted by Crippen LogP contribution is 2.28. The molecular weight excluding hydrogens is 306 g/mol. The number of hydrogen-bond acceptors (Lipinski definition) is 4. The first-order valence-electron chi connectivity index (χ1n) is 9.09. The van der Waals surface area contributed by atoms with Crippen LogP contribution in [0.5, 0.6) is 0 Å². The normalized spacial score (nSPS) is 14.8. The fourth-order valence-corrected chi connectivity index (χ4v) is 3.21. The Bertz CT molecular complexity index is 535. The first-order chi connectivity index (χ1) is 11.6. The van der Waals surface area contributed by atoms with Crippen molar-refractivity contribution in [1.82, 2.24) is 10.1 Å². The number of anilines is 1. The van der Waals surface area contributed by atoms with Crippen molar-refractivity contribution < 1.29 is 14.1 Å². The van der Waals surface area contributed by atoms with Crippen LogP contribution < -0.4 is 5.32 Å². The lowest BCUT2D eigenvalue weighted by atomic mass is 10.0. The molecule has 1 saturated carbocycles. The number of carbonyl (C=O) groups is 2. The van der Waals surface area contributed by atoms with E-state index in [9.17, 15) is 9.59 Å². The van der Waals surface area contributed by atoms with Crippen molar-refractivity contribution in [2.75, 3.05) is 18.4 Å². The van der Waals surface area contributed by atoms with Gasteiger partial charge in [-0.3, -0.25) is 9.59 Å². The summed E-state index contributed by atoms with van der Waals surface area (Å²) in [7, 11) is 0. The third-order valence-electron chi connectivity index (χ3n) is 4.61. The lowest BCUT2D eigenvalue weighted by Crippen LogP contribution is -2.38. The highest BCUT2D eigenvalue weighted by Gasteiger charge is 2.21. The Kier molecular flexibility index (Phi) is 7.28. The van der Waals surface area contributed by atoms with Gasteiger partial charge < -0.3 is 14.7 Å². The van der Waals surface area contributed by atoms with Crippen LogP contribution in [0.4, 0.5) is 5.82 Å². The maximum absolute atomic E-state index is 12.5. The minimum absolute atomic E-state index is 0.0788. The van der Waals surface area contributed by atoms with E-state index in [2.05, 4.69) is 17.4 Å². The average molecular weight is 335 g/mol. The quantitative estimate of drug-likeness (QED) is 0.749. The standard InChI is InChI=1S/C18H29N3O3/c1-3-4-11-21(18(23)10-9-15-7-5-6-8-15)13-17(22)19-16-12-14(2)24-20-16/h12,15H,3-11,13H2,1-2H3,(H,19,20,22). The Hall–Kier alpha value is -1.85. The van der Waals surface area contributed by atoms with Crippen LogP contribution in [0, 0.1) is 12.8 Å². The van der Waals surface area contributed by atoms with Crippen LogP contribution in [0.1, 0.15) is 64.1 Å². The van der Waals surface area contributed by atoms with Crippen LogP contribution >= 0.6 is 0 Å². The van der Waals surface area contributed by atoms with E-state index in [0.29, 0.717) is 30.5 Å². The van der Waals surface area contributed by atoms with Gasteiger partial charge in [-0.05, 0) is 25.7 Å². The van der Waals surface area contributed by atoms with Gasteiger partial charge >= 0.3 is 0 Å². The molecule has 0 atom stereocenters. The van der Waals surface area contributed by atoms with Crippen molar-refractivity contribution >= 4 is 17.6 Å². The molecule has 1 aliphatic carbocycles. The van der Waals surface area contributed by atoms with Crippen LogP contribution in [0.25, 0.3) is 0 Å². The fraction of sp³-hybridized carbons (Fsp3) is 0.722. The monoisotopic (exact) mass is 335 g/mol. The van der Waals surface area contributed by atoms with Gasteiger partial charge in [-0.15, -0.1) is 0 Å². The van der Waals surface area contributed by atoms with Crippen molar-refractivity contribution in [3.63, 3.8) is 0 Å². The van der Waals surface area contributed by atoms with Crippen LogP contribution in [0.3, 0.4) is 0 Å². The second-order valence-electron chi connectivity index (χ2n) is 6.73. The van der Waals surface area contributed by atoms with E-state index >= 15 is 0 Å². The number of amides is 2. The Morgan fingerprint density at radius 2 is 2.12 bits per heavy atom. The Morgan fingerprint density at radius 1 is 1.38 bits per heavy atom. The molecule has 2 rings (SSSR count). The molecule has 1 heterocycles. The zero-order valence-electron chi connectivity index (χ0n) is 14.8. The number of nitrogens with one attached hydrogen (secondary N) is 1. The molecule has 1 N–H and O–H groups in total. The third kappa shape index (κ3) is 5.98. The van der Waals surface area contributed by atoms with E-state index in [-0.39, 0.29) is 18.4 Å². The smallest absolute Gasteiger partial charge is 0.245 e. The van der Waals surface area contributed by atoms with E-state index in [1.165, 1.54) is 25.7 Å². The summed E-state index contributed by atoms with van der Waals surface area (Å²) in [6.07, 6.45) is 8.47. The number of carbonyl (C=O) groups excluding carboxylic acids is 2. The highest BCUT2D eigenvalue weighted by molar-refractivity contribution is 5.93. The summed E-state index contributed by atoms with van der Waals surface area (Å²) in [4.78, 5) is 26.4. The number of aryl methyl sites for hydroxylation is 1. The zero-order valence-corrected chi connectivity index (χ0v) is 14.8. The third-order valence-corrected chi connectivity index (χ3v) is 4.61. The molecule has 0 spiro atoms. The molecule has 0 aromatic carbocycles. The zero-order chi connectivity index (χ0) is 17.4. The Morgan fingerprint density at radius 3 is 2.75 bits per heavy atom. The maximum atomic E-state index is 12.5. The van der Waals surface area contributed by atoms with Crippen LogP contribution in [-0.4, -0.2) is 35.0 Å². The molecule has 1 fully saturated rings. The first kappa shape index (κ1) is 18.5. The topological polar surface area (TPSA) is 75.4 Å². The molecule has 0 unspecified atom stereocenters. The number of unbranched alkanes of at least 4 members (excludes halogenated alkanes) is 1. The van der Waals surface area contributed by atoms with Crippen molar-refractivity contribution in [3.8, 4) is 0 Å². The molecule has 1 aliphatic rings. The van der Waals surface area contributed by atoms with E-state index < -0.39 is 0 Å². The van der Waals surface area contributed by atoms with Gasteiger partial charge in [-0.1, -0.05) is 44.2 Å². The van der Waals surface area contributed by atoms with Gasteiger partial charge in [0.15, 0.2) is 5.82 Å². The second-order valence-corrected chi connectivity index (χ2v) is 6.73. The molecule has 134 valence electrons. The van der Waals surface area contributed by atoms with Gasteiger partial charge in [0.05, 0.1) is 6.54 Å². The number of nitrogens with zero attached hydrogens (tertiary/aromatic N) is 2. The fourth-order valence-electron chi connectivity index (χ4n) is 3.21.